The molecule has 0 heterocycles. The first-order valence-electron chi connectivity index (χ1n) is 10.7. The van der Waals surface area contributed by atoms with Gasteiger partial charge in [0.25, 0.3) is 0 Å². The molecule has 2 aliphatic carbocycles. The molecular formula is C22H40O. The van der Waals surface area contributed by atoms with E-state index in [2.05, 4.69) is 13.8 Å². The zero-order chi connectivity index (χ0) is 16.5. The number of carbonyl (C=O) groups is 1. The zero-order valence-electron chi connectivity index (χ0n) is 15.8. The van der Waals surface area contributed by atoms with Gasteiger partial charge in [-0.1, -0.05) is 84.5 Å². The molecule has 2 fully saturated rings. The maximum absolute atomic E-state index is 10.9. The number of hydrogen-bond acceptors (Lipinski definition) is 1. The normalized spacial score (nSPS) is 35.1. The van der Waals surface area contributed by atoms with E-state index in [-0.39, 0.29) is 0 Å². The summed E-state index contributed by atoms with van der Waals surface area (Å²) in [4.78, 5) is 10.9. The van der Waals surface area contributed by atoms with E-state index in [1.165, 1.54) is 89.8 Å². The number of unbranched alkanes of at least 4 members (excludes halogenated alkanes) is 4. The Morgan fingerprint density at radius 1 is 0.783 bits per heavy atom. The fourth-order valence-corrected chi connectivity index (χ4v) is 5.38. The molecule has 0 bridgehead atoms. The van der Waals surface area contributed by atoms with Gasteiger partial charge in [-0.25, -0.2) is 0 Å². The lowest BCUT2D eigenvalue weighted by Gasteiger charge is -2.34. The van der Waals surface area contributed by atoms with Crippen molar-refractivity contribution in [2.24, 2.45) is 29.6 Å². The van der Waals surface area contributed by atoms with Crippen molar-refractivity contribution in [3.8, 4) is 0 Å². The summed E-state index contributed by atoms with van der Waals surface area (Å²) < 4.78 is 0. The highest BCUT2D eigenvalue weighted by Gasteiger charge is 2.26. The molecule has 2 aliphatic rings. The summed E-state index contributed by atoms with van der Waals surface area (Å²) in [7, 11) is 0. The SMILES string of the molecule is CC1CCCC(C)C1CCCCCCCC1CCCC(C=O)C1. The van der Waals surface area contributed by atoms with E-state index < -0.39 is 0 Å². The van der Waals surface area contributed by atoms with Crippen LogP contribution in [0.15, 0.2) is 0 Å². The molecule has 0 N–H and O–H groups in total. The van der Waals surface area contributed by atoms with E-state index in [1.807, 2.05) is 0 Å². The Balaban J connectivity index is 1.47. The van der Waals surface area contributed by atoms with Crippen LogP contribution in [0.2, 0.25) is 0 Å². The van der Waals surface area contributed by atoms with Gasteiger partial charge < -0.3 is 4.79 Å². The van der Waals surface area contributed by atoms with E-state index in [0.717, 1.165) is 30.1 Å². The molecule has 4 atom stereocenters. The van der Waals surface area contributed by atoms with Gasteiger partial charge in [-0.2, -0.15) is 0 Å². The Labute approximate surface area is 145 Å². The minimum atomic E-state index is 0.383. The maximum Gasteiger partial charge on any atom is 0.123 e. The van der Waals surface area contributed by atoms with Crippen molar-refractivity contribution in [3.05, 3.63) is 0 Å². The van der Waals surface area contributed by atoms with E-state index in [9.17, 15) is 4.79 Å². The second kappa shape index (κ2) is 10.5. The van der Waals surface area contributed by atoms with Crippen LogP contribution in [0.3, 0.4) is 0 Å². The minimum absolute atomic E-state index is 0.383. The smallest absolute Gasteiger partial charge is 0.123 e. The van der Waals surface area contributed by atoms with Gasteiger partial charge in [0.2, 0.25) is 0 Å². The third-order valence-corrected chi connectivity index (χ3v) is 6.95. The molecule has 1 heteroatoms. The van der Waals surface area contributed by atoms with Gasteiger partial charge in [0.05, 0.1) is 0 Å². The average molecular weight is 321 g/mol. The fraction of sp³-hybridized carbons (Fsp3) is 0.955. The van der Waals surface area contributed by atoms with Gasteiger partial charge >= 0.3 is 0 Å². The van der Waals surface area contributed by atoms with Crippen molar-refractivity contribution in [3.63, 3.8) is 0 Å². The van der Waals surface area contributed by atoms with E-state index in [4.69, 9.17) is 0 Å². The van der Waals surface area contributed by atoms with Crippen molar-refractivity contribution in [2.45, 2.75) is 104 Å². The van der Waals surface area contributed by atoms with Crippen molar-refractivity contribution in [1.82, 2.24) is 0 Å². The van der Waals surface area contributed by atoms with Crippen LogP contribution in [0, 0.1) is 29.6 Å². The van der Waals surface area contributed by atoms with Gasteiger partial charge in [-0.15, -0.1) is 0 Å². The van der Waals surface area contributed by atoms with Crippen LogP contribution in [0.5, 0.6) is 0 Å². The van der Waals surface area contributed by atoms with E-state index in [1.54, 1.807) is 0 Å². The monoisotopic (exact) mass is 320 g/mol. The predicted octanol–water partition coefficient (Wildman–Crippen LogP) is 6.79. The predicted molar refractivity (Wildman–Crippen MR) is 99.5 cm³/mol. The van der Waals surface area contributed by atoms with Crippen LogP contribution < -0.4 is 0 Å². The molecule has 1 nitrogen and oxygen atoms in total. The lowest BCUT2D eigenvalue weighted by atomic mass is 9.71. The quantitative estimate of drug-likeness (QED) is 0.337. The summed E-state index contributed by atoms with van der Waals surface area (Å²) in [6.07, 6.45) is 20.6. The van der Waals surface area contributed by atoms with Crippen LogP contribution in [0.4, 0.5) is 0 Å². The van der Waals surface area contributed by atoms with Gasteiger partial charge in [0, 0.05) is 5.92 Å². The summed E-state index contributed by atoms with van der Waals surface area (Å²) >= 11 is 0. The highest BCUT2D eigenvalue weighted by Crippen LogP contribution is 2.37. The van der Waals surface area contributed by atoms with Gasteiger partial charge in [-0.05, 0) is 42.9 Å². The first-order chi connectivity index (χ1) is 11.2. The molecule has 134 valence electrons. The highest BCUT2D eigenvalue weighted by atomic mass is 16.1. The second-order valence-corrected chi connectivity index (χ2v) is 8.82. The molecule has 4 unspecified atom stereocenters. The number of carbonyl (C=O) groups excluding carboxylic acids is 1. The molecule has 23 heavy (non-hydrogen) atoms. The molecule has 0 saturated heterocycles. The van der Waals surface area contributed by atoms with Crippen molar-refractivity contribution >= 4 is 6.29 Å². The Bertz CT molecular complexity index is 314. The Morgan fingerprint density at radius 2 is 1.39 bits per heavy atom. The number of aldehydes is 1. The molecule has 0 radical (unpaired) electrons. The number of rotatable bonds is 9. The zero-order valence-corrected chi connectivity index (χ0v) is 15.8. The van der Waals surface area contributed by atoms with Crippen LogP contribution in [0.1, 0.15) is 104 Å². The first-order valence-corrected chi connectivity index (χ1v) is 10.7. The largest absolute Gasteiger partial charge is 0.303 e. The number of hydrogen-bond donors (Lipinski definition) is 0. The molecule has 2 rings (SSSR count). The topological polar surface area (TPSA) is 17.1 Å². The molecule has 0 aromatic heterocycles. The molecule has 0 aromatic rings. The summed E-state index contributed by atoms with van der Waals surface area (Å²) in [5.41, 5.74) is 0. The van der Waals surface area contributed by atoms with Crippen molar-refractivity contribution in [2.75, 3.05) is 0 Å². The van der Waals surface area contributed by atoms with Crippen LogP contribution in [-0.2, 0) is 4.79 Å². The van der Waals surface area contributed by atoms with Gasteiger partial charge in [-0.3, -0.25) is 0 Å². The van der Waals surface area contributed by atoms with E-state index in [0.29, 0.717) is 5.92 Å². The third-order valence-electron chi connectivity index (χ3n) is 6.95. The van der Waals surface area contributed by atoms with Gasteiger partial charge in [0.1, 0.15) is 6.29 Å². The summed E-state index contributed by atoms with van der Waals surface area (Å²) in [6, 6.07) is 0. The maximum atomic E-state index is 10.9. The Kier molecular flexibility index (Phi) is 8.69. The van der Waals surface area contributed by atoms with Crippen LogP contribution in [0.25, 0.3) is 0 Å². The summed E-state index contributed by atoms with van der Waals surface area (Å²) in [5, 5.41) is 0. The molecule has 0 amide bonds. The Morgan fingerprint density at radius 3 is 2.09 bits per heavy atom. The summed E-state index contributed by atoms with van der Waals surface area (Å²) in [5.74, 6) is 4.18. The standard InChI is InChI=1S/C22H40O/c1-18-10-8-11-19(2)22(18)15-7-5-3-4-6-12-20-13-9-14-21(16-20)17-23/h17-22H,3-16H2,1-2H3. The lowest BCUT2D eigenvalue weighted by molar-refractivity contribution is -0.112. The molecule has 0 aliphatic heterocycles. The van der Waals surface area contributed by atoms with Crippen LogP contribution in [-0.4, -0.2) is 6.29 Å². The Hall–Kier alpha value is -0.330. The molecular weight excluding hydrogens is 280 g/mol. The fourth-order valence-electron chi connectivity index (χ4n) is 5.38. The summed E-state index contributed by atoms with van der Waals surface area (Å²) in [6.45, 7) is 4.97. The first kappa shape index (κ1) is 19.0. The van der Waals surface area contributed by atoms with Crippen molar-refractivity contribution in [1.29, 1.82) is 0 Å². The highest BCUT2D eigenvalue weighted by molar-refractivity contribution is 5.53. The third kappa shape index (κ3) is 6.59. The molecule has 0 aromatic carbocycles. The second-order valence-electron chi connectivity index (χ2n) is 8.82. The molecule has 2 saturated carbocycles. The van der Waals surface area contributed by atoms with Crippen LogP contribution >= 0.6 is 0 Å². The van der Waals surface area contributed by atoms with Crippen molar-refractivity contribution < 1.29 is 4.79 Å². The molecule has 0 spiro atoms. The minimum Gasteiger partial charge on any atom is -0.303 e. The lowest BCUT2D eigenvalue weighted by Crippen LogP contribution is -2.24. The van der Waals surface area contributed by atoms with Gasteiger partial charge in [0.15, 0.2) is 0 Å². The van der Waals surface area contributed by atoms with E-state index >= 15 is 0 Å². The average Bonchev–Trinajstić information content (AvgIpc) is 2.56.